The van der Waals surface area contributed by atoms with Crippen molar-refractivity contribution >= 4 is 22.9 Å². The molecule has 8 heteroatoms. The third-order valence-electron chi connectivity index (χ3n) is 2.40. The number of rotatable bonds is 3. The number of hydrogen-bond acceptors (Lipinski definition) is 4. The third-order valence-corrected chi connectivity index (χ3v) is 3.83. The Bertz CT molecular complexity index is 570. The molecule has 2 aromatic rings. The lowest BCUT2D eigenvalue weighted by molar-refractivity contribution is -0.137. The number of nitrogens with one attached hydrogen (secondary N) is 1. The lowest BCUT2D eigenvalue weighted by atomic mass is 10.1. The van der Waals surface area contributed by atoms with Crippen molar-refractivity contribution in [1.82, 2.24) is 15.3 Å². The van der Waals surface area contributed by atoms with Crippen LogP contribution in [0.2, 0.25) is 5.02 Å². The Morgan fingerprint density at radius 3 is 2.63 bits per heavy atom. The topological polar surface area (TPSA) is 37.8 Å². The smallest absolute Gasteiger partial charge is 0.307 e. The van der Waals surface area contributed by atoms with Crippen LogP contribution in [0.25, 0.3) is 0 Å². The maximum absolute atomic E-state index is 12.5. The van der Waals surface area contributed by atoms with E-state index in [1.165, 1.54) is 12.4 Å². The molecule has 0 aliphatic rings. The molecule has 2 aromatic heterocycles. The molecule has 0 fully saturated rings. The maximum atomic E-state index is 12.5. The molecular formula is C11H9ClF3N3S. The molecule has 0 radical (unpaired) electrons. The molecule has 3 nitrogen and oxygen atoms in total. The lowest BCUT2D eigenvalue weighted by Crippen LogP contribution is -2.18. The zero-order valence-electron chi connectivity index (χ0n) is 9.70. The first-order valence-electron chi connectivity index (χ1n) is 5.24. The standard InChI is InChI=1S/C11H9ClF3N3S/c1-16-9(8-6(12)3-2-4-17-8)7-5-18-10(19-7)11(13,14)15/h2-5,9,16H,1H3. The highest BCUT2D eigenvalue weighted by Crippen LogP contribution is 2.36. The normalized spacial score (nSPS) is 13.5. The summed E-state index contributed by atoms with van der Waals surface area (Å²) in [6.45, 7) is 0. The summed E-state index contributed by atoms with van der Waals surface area (Å²) in [7, 11) is 1.63. The predicted molar refractivity (Wildman–Crippen MR) is 67.3 cm³/mol. The van der Waals surface area contributed by atoms with Gasteiger partial charge in [-0.3, -0.25) is 4.98 Å². The minimum Gasteiger partial charge on any atom is -0.307 e. The highest BCUT2D eigenvalue weighted by Gasteiger charge is 2.35. The molecular weight excluding hydrogens is 299 g/mol. The first kappa shape index (κ1) is 14.2. The van der Waals surface area contributed by atoms with Gasteiger partial charge in [-0.25, -0.2) is 4.98 Å². The van der Waals surface area contributed by atoms with Gasteiger partial charge in [-0.2, -0.15) is 13.2 Å². The maximum Gasteiger partial charge on any atom is 0.443 e. The SMILES string of the molecule is CNC(c1cnc(C(F)(F)F)s1)c1ncccc1Cl. The zero-order chi connectivity index (χ0) is 14.0. The summed E-state index contributed by atoms with van der Waals surface area (Å²) in [6, 6.07) is 2.79. The number of pyridine rings is 1. The van der Waals surface area contributed by atoms with Crippen molar-refractivity contribution in [3.63, 3.8) is 0 Å². The van der Waals surface area contributed by atoms with Crippen LogP contribution in [0.4, 0.5) is 13.2 Å². The number of hydrogen-bond donors (Lipinski definition) is 1. The van der Waals surface area contributed by atoms with Gasteiger partial charge in [-0.05, 0) is 19.2 Å². The number of halogens is 4. The van der Waals surface area contributed by atoms with Gasteiger partial charge in [-0.1, -0.05) is 11.6 Å². The average molecular weight is 308 g/mol. The molecule has 0 spiro atoms. The Morgan fingerprint density at radius 2 is 2.11 bits per heavy atom. The fraction of sp³-hybridized carbons (Fsp3) is 0.273. The summed E-state index contributed by atoms with van der Waals surface area (Å²) >= 11 is 6.58. The Balaban J connectivity index is 2.38. The predicted octanol–water partition coefficient (Wildman–Crippen LogP) is 3.52. The molecule has 1 N–H and O–H groups in total. The molecule has 0 saturated carbocycles. The Kier molecular flexibility index (Phi) is 4.07. The molecule has 0 amide bonds. The van der Waals surface area contributed by atoms with E-state index in [0.717, 1.165) is 0 Å². The van der Waals surface area contributed by atoms with Crippen molar-refractivity contribution in [1.29, 1.82) is 0 Å². The van der Waals surface area contributed by atoms with Crippen LogP contribution >= 0.6 is 22.9 Å². The number of alkyl halides is 3. The summed E-state index contributed by atoms with van der Waals surface area (Å²) in [5.41, 5.74) is 0.476. The van der Waals surface area contributed by atoms with Crippen LogP contribution in [0.5, 0.6) is 0 Å². The highest BCUT2D eigenvalue weighted by molar-refractivity contribution is 7.11. The molecule has 19 heavy (non-hydrogen) atoms. The second-order valence-corrected chi connectivity index (χ2v) is 5.13. The summed E-state index contributed by atoms with van der Waals surface area (Å²) in [6.07, 6.45) is -1.70. The largest absolute Gasteiger partial charge is 0.443 e. The van der Waals surface area contributed by atoms with Gasteiger partial charge in [0.1, 0.15) is 0 Å². The molecule has 0 saturated heterocycles. The van der Waals surface area contributed by atoms with E-state index in [0.29, 0.717) is 26.9 Å². The van der Waals surface area contributed by atoms with Crippen LogP contribution in [0.1, 0.15) is 21.6 Å². The van der Waals surface area contributed by atoms with E-state index < -0.39 is 17.2 Å². The molecule has 0 aliphatic carbocycles. The number of thiazole rings is 1. The Hall–Kier alpha value is -1.18. The van der Waals surface area contributed by atoms with Gasteiger partial charge in [0.25, 0.3) is 0 Å². The van der Waals surface area contributed by atoms with E-state index >= 15 is 0 Å². The molecule has 0 aromatic carbocycles. The fourth-order valence-electron chi connectivity index (χ4n) is 1.58. The minimum absolute atomic E-state index is 0.392. The summed E-state index contributed by atoms with van der Waals surface area (Å²) in [5, 5.41) is 2.41. The van der Waals surface area contributed by atoms with E-state index in [1.54, 1.807) is 19.2 Å². The first-order valence-corrected chi connectivity index (χ1v) is 6.43. The minimum atomic E-state index is -4.44. The highest BCUT2D eigenvalue weighted by atomic mass is 35.5. The van der Waals surface area contributed by atoms with E-state index in [2.05, 4.69) is 15.3 Å². The molecule has 2 heterocycles. The van der Waals surface area contributed by atoms with Crippen LogP contribution in [-0.2, 0) is 6.18 Å². The van der Waals surface area contributed by atoms with Gasteiger partial charge in [0, 0.05) is 17.3 Å². The number of aromatic nitrogens is 2. The second-order valence-electron chi connectivity index (χ2n) is 3.66. The van der Waals surface area contributed by atoms with Crippen LogP contribution in [0, 0.1) is 0 Å². The van der Waals surface area contributed by atoms with Crippen molar-refractivity contribution < 1.29 is 13.2 Å². The second kappa shape index (κ2) is 5.44. The van der Waals surface area contributed by atoms with Crippen LogP contribution in [0.15, 0.2) is 24.5 Å². The third kappa shape index (κ3) is 3.05. The Morgan fingerprint density at radius 1 is 1.37 bits per heavy atom. The lowest BCUT2D eigenvalue weighted by Gasteiger charge is -2.14. The summed E-state index contributed by atoms with van der Waals surface area (Å²) < 4.78 is 37.6. The van der Waals surface area contributed by atoms with Gasteiger partial charge in [0.2, 0.25) is 0 Å². The molecule has 0 bridgehead atoms. The van der Waals surface area contributed by atoms with Crippen molar-refractivity contribution in [2.45, 2.75) is 12.2 Å². The fourth-order valence-corrected chi connectivity index (χ4v) is 2.70. The van der Waals surface area contributed by atoms with Crippen molar-refractivity contribution in [3.05, 3.63) is 45.1 Å². The molecule has 2 rings (SSSR count). The van der Waals surface area contributed by atoms with Crippen molar-refractivity contribution in [2.75, 3.05) is 7.05 Å². The molecule has 1 atom stereocenters. The first-order chi connectivity index (χ1) is 8.93. The van der Waals surface area contributed by atoms with Gasteiger partial charge in [-0.15, -0.1) is 11.3 Å². The molecule has 102 valence electrons. The van der Waals surface area contributed by atoms with Gasteiger partial charge in [0.05, 0.1) is 16.8 Å². The zero-order valence-corrected chi connectivity index (χ0v) is 11.3. The molecule has 1 unspecified atom stereocenters. The van der Waals surface area contributed by atoms with Gasteiger partial charge >= 0.3 is 6.18 Å². The van der Waals surface area contributed by atoms with Gasteiger partial charge in [0.15, 0.2) is 5.01 Å². The molecule has 0 aliphatic heterocycles. The van der Waals surface area contributed by atoms with E-state index in [4.69, 9.17) is 11.6 Å². The van der Waals surface area contributed by atoms with Crippen molar-refractivity contribution in [2.24, 2.45) is 0 Å². The monoisotopic (exact) mass is 307 g/mol. The average Bonchev–Trinajstić information content (AvgIpc) is 2.82. The van der Waals surface area contributed by atoms with E-state index in [-0.39, 0.29) is 0 Å². The summed E-state index contributed by atoms with van der Waals surface area (Å²) in [4.78, 5) is 7.91. The van der Waals surface area contributed by atoms with E-state index in [9.17, 15) is 13.2 Å². The van der Waals surface area contributed by atoms with Crippen LogP contribution in [0.3, 0.4) is 0 Å². The van der Waals surface area contributed by atoms with Gasteiger partial charge < -0.3 is 5.32 Å². The number of nitrogens with zero attached hydrogens (tertiary/aromatic N) is 2. The van der Waals surface area contributed by atoms with Crippen LogP contribution < -0.4 is 5.32 Å². The Labute approximate surface area is 116 Å². The summed E-state index contributed by atoms with van der Waals surface area (Å²) in [5.74, 6) is 0. The van der Waals surface area contributed by atoms with E-state index in [1.807, 2.05) is 0 Å². The van der Waals surface area contributed by atoms with Crippen molar-refractivity contribution in [3.8, 4) is 0 Å². The van der Waals surface area contributed by atoms with Crippen LogP contribution in [-0.4, -0.2) is 17.0 Å². The quantitative estimate of drug-likeness (QED) is 0.943.